The number of hydrogen-bond acceptors (Lipinski definition) is 2. The fourth-order valence-electron chi connectivity index (χ4n) is 4.06. The third kappa shape index (κ3) is 2.63. The summed E-state index contributed by atoms with van der Waals surface area (Å²) in [7, 11) is 0. The minimum absolute atomic E-state index is 0.0196. The van der Waals surface area contributed by atoms with E-state index in [2.05, 4.69) is 0 Å². The lowest BCUT2D eigenvalue weighted by atomic mass is 9.69. The van der Waals surface area contributed by atoms with Gasteiger partial charge in [0.05, 0.1) is 11.2 Å². The fourth-order valence-corrected chi connectivity index (χ4v) is 4.24. The van der Waals surface area contributed by atoms with Gasteiger partial charge in [0.1, 0.15) is 5.82 Å². The number of aliphatic hydroxyl groups is 1. The maximum absolute atomic E-state index is 13.9. The van der Waals surface area contributed by atoms with Gasteiger partial charge in [0, 0.05) is 24.0 Å². The number of nitrogens with zero attached hydrogens (tertiary/aromatic N) is 1. The van der Waals surface area contributed by atoms with Crippen LogP contribution in [0.3, 0.4) is 0 Å². The zero-order valence-electron chi connectivity index (χ0n) is 12.7. The molecule has 0 radical (unpaired) electrons. The molecule has 0 spiro atoms. The molecule has 2 aliphatic rings. The Morgan fingerprint density at radius 3 is 3.00 bits per heavy atom. The summed E-state index contributed by atoms with van der Waals surface area (Å²) in [5.74, 6) is -0.467. The minimum Gasteiger partial charge on any atom is -0.390 e. The molecule has 1 aliphatic heterocycles. The summed E-state index contributed by atoms with van der Waals surface area (Å²) < 4.78 is 13.9. The first-order valence-corrected chi connectivity index (χ1v) is 8.29. The Morgan fingerprint density at radius 2 is 2.27 bits per heavy atom. The maximum Gasteiger partial charge on any atom is 0.256 e. The Balaban J connectivity index is 1.82. The van der Waals surface area contributed by atoms with E-state index in [0.29, 0.717) is 30.5 Å². The highest BCUT2D eigenvalue weighted by atomic mass is 35.5. The van der Waals surface area contributed by atoms with Crippen LogP contribution in [0.4, 0.5) is 4.39 Å². The van der Waals surface area contributed by atoms with Crippen LogP contribution in [-0.2, 0) is 0 Å². The van der Waals surface area contributed by atoms with Crippen molar-refractivity contribution in [3.63, 3.8) is 0 Å². The lowest BCUT2D eigenvalue weighted by Gasteiger charge is -2.40. The van der Waals surface area contributed by atoms with Crippen LogP contribution < -0.4 is 0 Å². The van der Waals surface area contributed by atoms with Crippen molar-refractivity contribution in [2.45, 2.75) is 38.2 Å². The molecule has 0 unspecified atom stereocenters. The number of carbonyl (C=O) groups excluding carboxylic acids is 1. The van der Waals surface area contributed by atoms with Crippen molar-refractivity contribution in [3.8, 4) is 0 Å². The number of likely N-dealkylation sites (tertiary alicyclic amines) is 1. The van der Waals surface area contributed by atoms with Gasteiger partial charge in [-0.25, -0.2) is 4.39 Å². The first-order valence-electron chi connectivity index (χ1n) is 7.91. The molecular weight excluding hydrogens is 305 g/mol. The topological polar surface area (TPSA) is 40.5 Å². The molecule has 1 heterocycles. The summed E-state index contributed by atoms with van der Waals surface area (Å²) in [6.45, 7) is 3.08. The van der Waals surface area contributed by atoms with Crippen LogP contribution in [-0.4, -0.2) is 34.6 Å². The van der Waals surface area contributed by atoms with Gasteiger partial charge in [-0.15, -0.1) is 0 Å². The summed E-state index contributed by atoms with van der Waals surface area (Å²) in [5, 5.41) is 11.1. The zero-order chi connectivity index (χ0) is 15.9. The second-order valence-corrected chi connectivity index (χ2v) is 6.99. The van der Waals surface area contributed by atoms with Crippen molar-refractivity contribution in [1.82, 2.24) is 4.90 Å². The molecule has 2 fully saturated rings. The molecule has 22 heavy (non-hydrogen) atoms. The number of amides is 1. The quantitative estimate of drug-likeness (QED) is 0.904. The molecule has 1 N–H and O–H groups in total. The van der Waals surface area contributed by atoms with Gasteiger partial charge in [-0.05, 0) is 43.4 Å². The zero-order valence-corrected chi connectivity index (χ0v) is 13.4. The normalized spacial score (nSPS) is 31.2. The molecule has 1 aromatic rings. The summed E-state index contributed by atoms with van der Waals surface area (Å²) in [4.78, 5) is 14.3. The van der Waals surface area contributed by atoms with E-state index in [-0.39, 0.29) is 17.4 Å². The Morgan fingerprint density at radius 1 is 1.50 bits per heavy atom. The van der Waals surface area contributed by atoms with Gasteiger partial charge in [-0.2, -0.15) is 0 Å². The minimum atomic E-state index is -0.690. The van der Waals surface area contributed by atoms with E-state index in [9.17, 15) is 14.3 Å². The second-order valence-electron chi connectivity index (χ2n) is 6.55. The average molecular weight is 326 g/mol. The lowest BCUT2D eigenvalue weighted by molar-refractivity contribution is -0.0609. The number of carbonyl (C=O) groups is 1. The Kier molecular flexibility index (Phi) is 4.17. The van der Waals surface area contributed by atoms with Gasteiger partial charge in [-0.3, -0.25) is 4.79 Å². The van der Waals surface area contributed by atoms with Crippen LogP contribution in [0.1, 0.15) is 43.0 Å². The van der Waals surface area contributed by atoms with E-state index in [1.807, 2.05) is 6.92 Å². The lowest BCUT2D eigenvalue weighted by Crippen LogP contribution is -2.44. The largest absolute Gasteiger partial charge is 0.390 e. The fraction of sp³-hybridized carbons (Fsp3) is 0.588. The third-order valence-corrected chi connectivity index (χ3v) is 5.61. The molecule has 5 heteroatoms. The van der Waals surface area contributed by atoms with Crippen LogP contribution in [0.15, 0.2) is 18.2 Å². The number of hydrogen-bond donors (Lipinski definition) is 1. The predicted octanol–water partition coefficient (Wildman–Crippen LogP) is 3.49. The molecule has 3 nitrogen and oxygen atoms in total. The molecule has 1 aliphatic carbocycles. The summed E-state index contributed by atoms with van der Waals surface area (Å²) in [6.07, 6.45) is 3.49. The molecule has 3 atom stereocenters. The molecule has 0 aromatic heterocycles. The molecule has 1 saturated carbocycles. The smallest absolute Gasteiger partial charge is 0.256 e. The highest BCUT2D eigenvalue weighted by Gasteiger charge is 2.48. The molecule has 1 amide bonds. The van der Waals surface area contributed by atoms with E-state index in [1.165, 1.54) is 18.2 Å². The first-order chi connectivity index (χ1) is 10.4. The SMILES string of the molecule is CC[C@@]1(O)CCC[C@@H]2CN(C(=O)c3cc(Cl)ccc3F)C[C@@H]21. The molecular formula is C17H21ClFNO2. The van der Waals surface area contributed by atoms with Crippen molar-refractivity contribution < 1.29 is 14.3 Å². The van der Waals surface area contributed by atoms with Crippen LogP contribution in [0.5, 0.6) is 0 Å². The number of benzene rings is 1. The molecule has 0 bridgehead atoms. The van der Waals surface area contributed by atoms with Crippen molar-refractivity contribution in [1.29, 1.82) is 0 Å². The highest BCUT2D eigenvalue weighted by molar-refractivity contribution is 6.31. The van der Waals surface area contributed by atoms with Gasteiger partial charge >= 0.3 is 0 Å². The molecule has 1 aromatic carbocycles. The number of halogens is 2. The van der Waals surface area contributed by atoms with E-state index in [0.717, 1.165) is 19.3 Å². The Hall–Kier alpha value is -1.13. The van der Waals surface area contributed by atoms with Crippen LogP contribution in [0, 0.1) is 17.7 Å². The third-order valence-electron chi connectivity index (χ3n) is 5.37. The summed E-state index contributed by atoms with van der Waals surface area (Å²) in [5.41, 5.74) is -0.670. The van der Waals surface area contributed by atoms with E-state index in [4.69, 9.17) is 11.6 Å². The number of fused-ring (bicyclic) bond motifs is 1. The van der Waals surface area contributed by atoms with Crippen LogP contribution >= 0.6 is 11.6 Å². The maximum atomic E-state index is 13.9. The monoisotopic (exact) mass is 325 g/mol. The van der Waals surface area contributed by atoms with Gasteiger partial charge in [-0.1, -0.05) is 24.9 Å². The first kappa shape index (κ1) is 15.8. The van der Waals surface area contributed by atoms with E-state index >= 15 is 0 Å². The predicted molar refractivity (Wildman–Crippen MR) is 83.4 cm³/mol. The van der Waals surface area contributed by atoms with Crippen molar-refractivity contribution in [2.75, 3.05) is 13.1 Å². The molecule has 1 saturated heterocycles. The average Bonchev–Trinajstić information content (AvgIpc) is 2.95. The Bertz CT molecular complexity index is 594. The summed E-state index contributed by atoms with van der Waals surface area (Å²) >= 11 is 5.88. The highest BCUT2D eigenvalue weighted by Crippen LogP contribution is 2.44. The van der Waals surface area contributed by atoms with E-state index in [1.54, 1.807) is 4.90 Å². The van der Waals surface area contributed by atoms with Crippen LogP contribution in [0.25, 0.3) is 0 Å². The van der Waals surface area contributed by atoms with Gasteiger partial charge in [0.2, 0.25) is 0 Å². The standard InChI is InChI=1S/C17H21ClFNO2/c1-2-17(22)7-3-4-11-9-20(10-14(11)17)16(21)13-8-12(18)5-6-15(13)19/h5-6,8,11,14,22H,2-4,7,9-10H2,1H3/t11-,14+,17-/m1/s1. The molecule has 3 rings (SSSR count). The number of rotatable bonds is 2. The van der Waals surface area contributed by atoms with E-state index < -0.39 is 11.4 Å². The van der Waals surface area contributed by atoms with Crippen molar-refractivity contribution >= 4 is 17.5 Å². The van der Waals surface area contributed by atoms with Gasteiger partial charge in [0.25, 0.3) is 5.91 Å². The second kappa shape index (κ2) is 5.82. The van der Waals surface area contributed by atoms with Gasteiger partial charge in [0.15, 0.2) is 0 Å². The van der Waals surface area contributed by atoms with Crippen molar-refractivity contribution in [3.05, 3.63) is 34.6 Å². The van der Waals surface area contributed by atoms with Gasteiger partial charge < -0.3 is 10.0 Å². The van der Waals surface area contributed by atoms with Crippen LogP contribution in [0.2, 0.25) is 5.02 Å². The molecule has 120 valence electrons. The summed E-state index contributed by atoms with van der Waals surface area (Å²) in [6, 6.07) is 4.04. The Labute approximate surface area is 135 Å². The van der Waals surface area contributed by atoms with Crippen molar-refractivity contribution in [2.24, 2.45) is 11.8 Å².